The number of benzene rings is 2. The molecule has 0 radical (unpaired) electrons. The lowest BCUT2D eigenvalue weighted by Gasteiger charge is -2.22. The molecule has 1 N–H and O–H groups in total. The molecule has 0 bridgehead atoms. The second kappa shape index (κ2) is 10.3. The first-order valence-electron chi connectivity index (χ1n) is 10.3. The Kier molecular flexibility index (Phi) is 7.18. The number of thiophene rings is 1. The molecule has 0 saturated carbocycles. The van der Waals surface area contributed by atoms with Gasteiger partial charge in [0, 0.05) is 17.8 Å². The molecule has 34 heavy (non-hydrogen) atoms. The van der Waals surface area contributed by atoms with Crippen LogP contribution in [0, 0.1) is 0 Å². The lowest BCUT2D eigenvalue weighted by Crippen LogP contribution is -2.38. The maximum atomic E-state index is 13.2. The molecule has 1 aliphatic heterocycles. The summed E-state index contributed by atoms with van der Waals surface area (Å²) in [5, 5.41) is 2.82. The number of hydrogen-bond acceptors (Lipinski definition) is 7. The monoisotopic (exact) mass is 543 g/mol. The number of nitrogens with one attached hydrogen (secondary N) is 1. The summed E-state index contributed by atoms with van der Waals surface area (Å²) in [6.45, 7) is -0.177. The van der Waals surface area contributed by atoms with Gasteiger partial charge < -0.3 is 24.4 Å². The standard InChI is InChI=1S/C24H22BrN3O5S/c1-31-18-10-14(11-19(32-2)24(18)33-3)26-22(29)13-28-17-7-5-4-6-15(17)27-16(12-23(28)30)20-8-9-21(25)34-20/h4-11H,12-13H2,1-3H3,(H,26,29). The van der Waals surface area contributed by atoms with Crippen molar-refractivity contribution in [1.29, 1.82) is 0 Å². The van der Waals surface area contributed by atoms with Crippen LogP contribution in [0.5, 0.6) is 17.2 Å². The van der Waals surface area contributed by atoms with Crippen molar-refractivity contribution in [3.05, 3.63) is 57.2 Å². The Balaban J connectivity index is 1.59. The molecule has 0 saturated heterocycles. The summed E-state index contributed by atoms with van der Waals surface area (Å²) < 4.78 is 17.0. The fourth-order valence-corrected chi connectivity index (χ4v) is 5.00. The van der Waals surface area contributed by atoms with Crippen LogP contribution in [0.4, 0.5) is 17.1 Å². The maximum absolute atomic E-state index is 13.2. The molecule has 1 aromatic heterocycles. The third-order valence-electron chi connectivity index (χ3n) is 5.16. The van der Waals surface area contributed by atoms with Gasteiger partial charge in [-0.15, -0.1) is 11.3 Å². The lowest BCUT2D eigenvalue weighted by atomic mass is 10.2. The molecule has 4 rings (SSSR count). The van der Waals surface area contributed by atoms with Gasteiger partial charge in [-0.25, -0.2) is 4.99 Å². The van der Waals surface area contributed by atoms with Crippen LogP contribution in [0.3, 0.4) is 0 Å². The molecular formula is C24H22BrN3O5S. The molecule has 0 aliphatic carbocycles. The van der Waals surface area contributed by atoms with E-state index in [1.54, 1.807) is 18.2 Å². The number of carbonyl (C=O) groups is 2. The Labute approximate surface area is 209 Å². The number of hydrogen-bond donors (Lipinski definition) is 1. The predicted octanol–water partition coefficient (Wildman–Crippen LogP) is 5.03. The highest BCUT2D eigenvalue weighted by atomic mass is 79.9. The number of aliphatic imine (C=N–C) groups is 1. The van der Waals surface area contributed by atoms with E-state index >= 15 is 0 Å². The number of halogens is 1. The summed E-state index contributed by atoms with van der Waals surface area (Å²) in [7, 11) is 4.51. The van der Waals surface area contributed by atoms with Gasteiger partial charge in [0.05, 0.1) is 53.5 Å². The minimum absolute atomic E-state index is 0.0824. The minimum Gasteiger partial charge on any atom is -0.493 e. The van der Waals surface area contributed by atoms with E-state index in [9.17, 15) is 9.59 Å². The van der Waals surface area contributed by atoms with Crippen molar-refractivity contribution < 1.29 is 23.8 Å². The molecule has 3 aromatic rings. The van der Waals surface area contributed by atoms with Gasteiger partial charge in [0.25, 0.3) is 0 Å². The zero-order chi connectivity index (χ0) is 24.2. The van der Waals surface area contributed by atoms with Crippen LogP contribution in [0.1, 0.15) is 11.3 Å². The van der Waals surface area contributed by atoms with E-state index in [-0.39, 0.29) is 24.8 Å². The zero-order valence-corrected chi connectivity index (χ0v) is 21.2. The first kappa shape index (κ1) is 23.8. The molecular weight excluding hydrogens is 522 g/mol. The van der Waals surface area contributed by atoms with Crippen molar-refractivity contribution in [2.75, 3.05) is 38.1 Å². The van der Waals surface area contributed by atoms with Gasteiger partial charge in [-0.2, -0.15) is 0 Å². The number of para-hydroxylation sites is 2. The molecule has 0 spiro atoms. The van der Waals surface area contributed by atoms with Gasteiger partial charge in [0.15, 0.2) is 11.5 Å². The fraction of sp³-hybridized carbons (Fsp3) is 0.208. The minimum atomic E-state index is -0.375. The Morgan fingerprint density at radius 1 is 1.09 bits per heavy atom. The molecule has 2 heterocycles. The number of ether oxygens (including phenoxy) is 3. The molecule has 1 aliphatic rings. The second-order valence-electron chi connectivity index (χ2n) is 7.27. The SMILES string of the molecule is COc1cc(NC(=O)CN2C(=O)CC(c3ccc(Br)s3)=Nc3ccccc32)cc(OC)c1OC. The summed E-state index contributed by atoms with van der Waals surface area (Å²) in [4.78, 5) is 33.3. The van der Waals surface area contributed by atoms with E-state index in [4.69, 9.17) is 19.2 Å². The molecule has 10 heteroatoms. The van der Waals surface area contributed by atoms with Crippen molar-refractivity contribution in [3.8, 4) is 17.2 Å². The molecule has 2 aromatic carbocycles. The Bertz CT molecular complexity index is 1250. The topological polar surface area (TPSA) is 89.5 Å². The van der Waals surface area contributed by atoms with Crippen molar-refractivity contribution >= 4 is 61.9 Å². The highest BCUT2D eigenvalue weighted by Crippen LogP contribution is 2.40. The Hall–Kier alpha value is -3.37. The molecule has 0 fully saturated rings. The number of amides is 2. The van der Waals surface area contributed by atoms with Crippen LogP contribution in [0.2, 0.25) is 0 Å². The van der Waals surface area contributed by atoms with Gasteiger partial charge >= 0.3 is 0 Å². The van der Waals surface area contributed by atoms with Crippen LogP contribution in [0.25, 0.3) is 0 Å². The molecule has 0 unspecified atom stereocenters. The van der Waals surface area contributed by atoms with Crippen LogP contribution in [-0.4, -0.2) is 45.4 Å². The normalized spacial score (nSPS) is 13.0. The van der Waals surface area contributed by atoms with Crippen LogP contribution in [0.15, 0.2) is 57.3 Å². The highest BCUT2D eigenvalue weighted by Gasteiger charge is 2.27. The summed E-state index contributed by atoms with van der Waals surface area (Å²) in [5.74, 6) is 0.652. The zero-order valence-electron chi connectivity index (χ0n) is 18.8. The van der Waals surface area contributed by atoms with Crippen molar-refractivity contribution in [2.45, 2.75) is 6.42 Å². The Morgan fingerprint density at radius 2 is 1.79 bits per heavy atom. The summed E-state index contributed by atoms with van der Waals surface area (Å²) in [6, 6.07) is 14.4. The first-order chi connectivity index (χ1) is 16.4. The van der Waals surface area contributed by atoms with Gasteiger partial charge in [-0.1, -0.05) is 12.1 Å². The van der Waals surface area contributed by atoms with Gasteiger partial charge in [0.2, 0.25) is 17.6 Å². The maximum Gasteiger partial charge on any atom is 0.244 e. The number of rotatable bonds is 7. The van der Waals surface area contributed by atoms with Crippen molar-refractivity contribution in [1.82, 2.24) is 0 Å². The fourth-order valence-electron chi connectivity index (χ4n) is 3.63. The highest BCUT2D eigenvalue weighted by molar-refractivity contribution is 9.11. The molecule has 8 nitrogen and oxygen atoms in total. The quantitative estimate of drug-likeness (QED) is 0.451. The van der Waals surface area contributed by atoms with Gasteiger partial charge in [-0.3, -0.25) is 9.59 Å². The van der Waals surface area contributed by atoms with Gasteiger partial charge in [-0.05, 0) is 40.2 Å². The number of nitrogens with zero attached hydrogens (tertiary/aromatic N) is 2. The summed E-state index contributed by atoms with van der Waals surface area (Å²) in [6.07, 6.45) is 0.0824. The van der Waals surface area contributed by atoms with E-state index in [2.05, 4.69) is 21.2 Å². The number of carbonyl (C=O) groups excluding carboxylic acids is 2. The van der Waals surface area contributed by atoms with E-state index in [1.165, 1.54) is 37.6 Å². The van der Waals surface area contributed by atoms with Crippen LogP contribution in [-0.2, 0) is 9.59 Å². The molecule has 2 amide bonds. The summed E-state index contributed by atoms with van der Waals surface area (Å²) in [5.41, 5.74) is 2.34. The number of methoxy groups -OCH3 is 3. The second-order valence-corrected chi connectivity index (χ2v) is 9.73. The smallest absolute Gasteiger partial charge is 0.244 e. The molecule has 176 valence electrons. The number of anilines is 2. The molecule has 0 atom stereocenters. The largest absolute Gasteiger partial charge is 0.493 e. The lowest BCUT2D eigenvalue weighted by molar-refractivity contribution is -0.120. The van der Waals surface area contributed by atoms with Crippen LogP contribution < -0.4 is 24.4 Å². The van der Waals surface area contributed by atoms with E-state index in [1.807, 2.05) is 30.3 Å². The average molecular weight is 544 g/mol. The summed E-state index contributed by atoms with van der Waals surface area (Å²) >= 11 is 4.97. The average Bonchev–Trinajstić information content (AvgIpc) is 3.22. The van der Waals surface area contributed by atoms with E-state index in [0.717, 1.165) is 8.66 Å². The first-order valence-corrected chi connectivity index (χ1v) is 11.9. The third-order valence-corrected chi connectivity index (χ3v) is 6.83. The van der Waals surface area contributed by atoms with Gasteiger partial charge in [0.1, 0.15) is 6.54 Å². The third kappa shape index (κ3) is 4.92. The predicted molar refractivity (Wildman–Crippen MR) is 136 cm³/mol. The van der Waals surface area contributed by atoms with E-state index in [0.29, 0.717) is 40.0 Å². The van der Waals surface area contributed by atoms with E-state index < -0.39 is 0 Å². The number of fused-ring (bicyclic) bond motifs is 1. The Morgan fingerprint density at radius 3 is 2.41 bits per heavy atom. The van der Waals surface area contributed by atoms with Crippen molar-refractivity contribution in [2.24, 2.45) is 4.99 Å². The van der Waals surface area contributed by atoms with Crippen LogP contribution >= 0.6 is 27.3 Å². The van der Waals surface area contributed by atoms with Crippen molar-refractivity contribution in [3.63, 3.8) is 0 Å².